The van der Waals surface area contributed by atoms with Gasteiger partial charge in [-0.3, -0.25) is 14.4 Å². The highest BCUT2D eigenvalue weighted by Crippen LogP contribution is 2.44. The molecule has 1 rings (SSSR count). The molecule has 1 saturated carbocycles. The predicted molar refractivity (Wildman–Crippen MR) is 133 cm³/mol. The SMILES string of the molecule is CCCCC(F)(F)C(=O)CC[C@H]1[C@H](O[Si](C)(C)C(C)(C)C)CC(=O)[C@@H]1CCCCCCC(=O)O. The Labute approximate surface area is 205 Å². The van der Waals surface area contributed by atoms with Crippen molar-refractivity contribution < 1.29 is 32.7 Å². The summed E-state index contributed by atoms with van der Waals surface area (Å²) in [7, 11) is -2.18. The molecule has 1 aliphatic rings. The molecule has 1 aliphatic carbocycles. The number of carbonyl (C=O) groups is 3. The van der Waals surface area contributed by atoms with Crippen LogP contribution in [0.15, 0.2) is 0 Å². The summed E-state index contributed by atoms with van der Waals surface area (Å²) in [5.41, 5.74) is 0. The monoisotopic (exact) mass is 504 g/mol. The molecule has 34 heavy (non-hydrogen) atoms. The number of hydrogen-bond acceptors (Lipinski definition) is 4. The van der Waals surface area contributed by atoms with Crippen LogP contribution in [0.2, 0.25) is 18.1 Å². The molecule has 1 N–H and O–H groups in total. The zero-order chi connectivity index (χ0) is 26.2. The minimum Gasteiger partial charge on any atom is -0.481 e. The summed E-state index contributed by atoms with van der Waals surface area (Å²) in [6, 6.07) is 0. The van der Waals surface area contributed by atoms with Crippen LogP contribution in [-0.4, -0.2) is 43.0 Å². The van der Waals surface area contributed by atoms with Crippen LogP contribution in [0.5, 0.6) is 0 Å². The average Bonchev–Trinajstić information content (AvgIpc) is 2.99. The van der Waals surface area contributed by atoms with Gasteiger partial charge in [0.15, 0.2) is 8.32 Å². The van der Waals surface area contributed by atoms with E-state index in [1.165, 1.54) is 0 Å². The fraction of sp³-hybridized carbons (Fsp3) is 0.885. The van der Waals surface area contributed by atoms with Gasteiger partial charge in [-0.15, -0.1) is 0 Å². The second kappa shape index (κ2) is 13.2. The van der Waals surface area contributed by atoms with E-state index in [-0.39, 0.29) is 54.4 Å². The van der Waals surface area contributed by atoms with Crippen LogP contribution in [0, 0.1) is 11.8 Å². The summed E-state index contributed by atoms with van der Waals surface area (Å²) in [5.74, 6) is -5.56. The maximum absolute atomic E-state index is 14.3. The van der Waals surface area contributed by atoms with E-state index in [2.05, 4.69) is 33.9 Å². The smallest absolute Gasteiger partial charge is 0.305 e. The lowest BCUT2D eigenvalue weighted by Crippen LogP contribution is -2.45. The van der Waals surface area contributed by atoms with Crippen LogP contribution in [0.3, 0.4) is 0 Å². The zero-order valence-corrected chi connectivity index (χ0v) is 23.1. The maximum atomic E-state index is 14.3. The molecular formula is C26H46F2O5Si. The molecule has 0 aromatic heterocycles. The van der Waals surface area contributed by atoms with E-state index in [0.29, 0.717) is 25.7 Å². The van der Waals surface area contributed by atoms with Gasteiger partial charge in [0.1, 0.15) is 5.78 Å². The average molecular weight is 505 g/mol. The van der Waals surface area contributed by atoms with Crippen LogP contribution in [0.4, 0.5) is 8.78 Å². The van der Waals surface area contributed by atoms with Crippen molar-refractivity contribution in [3.05, 3.63) is 0 Å². The quantitative estimate of drug-likeness (QED) is 0.178. The number of Topliss-reactive ketones (excluding diaryl/α,β-unsaturated/α-hetero) is 2. The van der Waals surface area contributed by atoms with Crippen LogP contribution >= 0.6 is 0 Å². The molecule has 0 radical (unpaired) electrons. The number of aliphatic carboxylic acids is 1. The van der Waals surface area contributed by atoms with E-state index in [9.17, 15) is 23.2 Å². The third-order valence-electron chi connectivity index (χ3n) is 7.68. The van der Waals surface area contributed by atoms with Gasteiger partial charge in [0.05, 0.1) is 6.10 Å². The first kappa shape index (κ1) is 30.9. The minimum absolute atomic E-state index is 0.0498. The summed E-state index contributed by atoms with van der Waals surface area (Å²) in [4.78, 5) is 36.0. The van der Waals surface area contributed by atoms with Crippen molar-refractivity contribution in [3.8, 4) is 0 Å². The predicted octanol–water partition coefficient (Wildman–Crippen LogP) is 7.18. The van der Waals surface area contributed by atoms with E-state index in [1.807, 2.05) is 6.92 Å². The lowest BCUT2D eigenvalue weighted by Gasteiger charge is -2.40. The fourth-order valence-electron chi connectivity index (χ4n) is 4.46. The zero-order valence-electron chi connectivity index (χ0n) is 22.1. The number of carboxylic acid groups (broad SMARTS) is 1. The van der Waals surface area contributed by atoms with Crippen LogP contribution < -0.4 is 0 Å². The first-order valence-corrected chi connectivity index (χ1v) is 15.9. The molecule has 1 fully saturated rings. The topological polar surface area (TPSA) is 80.7 Å². The molecule has 3 atom stereocenters. The van der Waals surface area contributed by atoms with Crippen molar-refractivity contribution in [3.63, 3.8) is 0 Å². The van der Waals surface area contributed by atoms with Crippen LogP contribution in [0.25, 0.3) is 0 Å². The highest BCUT2D eigenvalue weighted by Gasteiger charge is 2.48. The van der Waals surface area contributed by atoms with Crippen molar-refractivity contribution in [1.82, 2.24) is 0 Å². The number of unbranched alkanes of at least 4 members (excludes halogenated alkanes) is 4. The summed E-state index contributed by atoms with van der Waals surface area (Å²) in [5, 5.41) is 8.71. The first-order chi connectivity index (χ1) is 15.6. The molecule has 0 aromatic rings. The highest BCUT2D eigenvalue weighted by molar-refractivity contribution is 6.74. The van der Waals surface area contributed by atoms with Crippen LogP contribution in [0.1, 0.15) is 105 Å². The van der Waals surface area contributed by atoms with Gasteiger partial charge in [0, 0.05) is 31.6 Å². The third kappa shape index (κ3) is 9.48. The summed E-state index contributed by atoms with van der Waals surface area (Å²) in [6.07, 6.45) is 4.22. The van der Waals surface area contributed by atoms with Crippen molar-refractivity contribution >= 4 is 25.9 Å². The summed E-state index contributed by atoms with van der Waals surface area (Å²) >= 11 is 0. The van der Waals surface area contributed by atoms with E-state index in [1.54, 1.807) is 0 Å². The van der Waals surface area contributed by atoms with Gasteiger partial charge in [0.25, 0.3) is 0 Å². The number of carbonyl (C=O) groups excluding carboxylic acids is 2. The first-order valence-electron chi connectivity index (χ1n) is 13.0. The van der Waals surface area contributed by atoms with Gasteiger partial charge in [0.2, 0.25) is 5.78 Å². The Morgan fingerprint density at radius 1 is 1.03 bits per heavy atom. The van der Waals surface area contributed by atoms with E-state index >= 15 is 0 Å². The Morgan fingerprint density at radius 3 is 2.21 bits per heavy atom. The molecule has 0 saturated heterocycles. The number of rotatable bonds is 16. The normalized spacial score (nSPS) is 21.8. The Balaban J connectivity index is 2.88. The Bertz CT molecular complexity index is 687. The van der Waals surface area contributed by atoms with Gasteiger partial charge in [-0.25, -0.2) is 0 Å². The van der Waals surface area contributed by atoms with Crippen molar-refractivity contribution in [2.45, 2.75) is 135 Å². The Morgan fingerprint density at radius 2 is 1.65 bits per heavy atom. The number of hydrogen-bond donors (Lipinski definition) is 1. The third-order valence-corrected chi connectivity index (χ3v) is 12.2. The molecular weight excluding hydrogens is 458 g/mol. The molecule has 0 bridgehead atoms. The number of ketones is 2. The molecule has 8 heteroatoms. The molecule has 0 heterocycles. The maximum Gasteiger partial charge on any atom is 0.305 e. The molecule has 0 amide bonds. The van der Waals surface area contributed by atoms with Gasteiger partial charge in [-0.2, -0.15) is 8.78 Å². The summed E-state index contributed by atoms with van der Waals surface area (Å²) < 4.78 is 35.1. The molecule has 0 unspecified atom stereocenters. The van der Waals surface area contributed by atoms with Gasteiger partial charge in [-0.1, -0.05) is 53.4 Å². The van der Waals surface area contributed by atoms with E-state index in [4.69, 9.17) is 9.53 Å². The largest absolute Gasteiger partial charge is 0.481 e. The molecule has 0 spiro atoms. The van der Waals surface area contributed by atoms with Gasteiger partial charge < -0.3 is 9.53 Å². The number of halogens is 2. The second-order valence-corrected chi connectivity index (χ2v) is 16.2. The Kier molecular flexibility index (Phi) is 12.0. The standard InChI is InChI=1S/C26H46F2O5Si/c1-7-8-17-26(27,28)23(30)16-15-20-19(13-11-9-10-12-14-24(31)32)21(29)18-22(20)33-34(5,6)25(2,3)4/h19-20,22H,7-18H2,1-6H3,(H,31,32)/t19-,20-,22-/m1/s1. The lowest BCUT2D eigenvalue weighted by atomic mass is 9.85. The fourth-order valence-corrected chi connectivity index (χ4v) is 5.83. The Hall–Kier alpha value is -1.15. The molecule has 0 aromatic carbocycles. The van der Waals surface area contributed by atoms with Gasteiger partial charge in [-0.05, 0) is 49.7 Å². The second-order valence-electron chi connectivity index (χ2n) is 11.5. The van der Waals surface area contributed by atoms with Crippen molar-refractivity contribution in [2.24, 2.45) is 11.8 Å². The molecule has 198 valence electrons. The number of alkyl halides is 2. The minimum atomic E-state index is -3.31. The molecule has 5 nitrogen and oxygen atoms in total. The van der Waals surface area contributed by atoms with Gasteiger partial charge >= 0.3 is 11.9 Å². The van der Waals surface area contributed by atoms with Crippen LogP contribution in [-0.2, 0) is 18.8 Å². The number of carboxylic acids is 1. The molecule has 0 aliphatic heterocycles. The van der Waals surface area contributed by atoms with E-state index < -0.39 is 32.4 Å². The van der Waals surface area contributed by atoms with Crippen molar-refractivity contribution in [2.75, 3.05) is 0 Å². The highest BCUT2D eigenvalue weighted by atomic mass is 28.4. The van der Waals surface area contributed by atoms with E-state index in [0.717, 1.165) is 19.3 Å². The summed E-state index contributed by atoms with van der Waals surface area (Å²) in [6.45, 7) is 12.4. The lowest BCUT2D eigenvalue weighted by molar-refractivity contribution is -0.144. The van der Waals surface area contributed by atoms with Crippen molar-refractivity contribution in [1.29, 1.82) is 0 Å².